The van der Waals surface area contributed by atoms with Gasteiger partial charge in [0, 0.05) is 5.92 Å². The van der Waals surface area contributed by atoms with E-state index >= 15 is 0 Å². The van der Waals surface area contributed by atoms with Gasteiger partial charge in [-0.05, 0) is 53.8 Å². The molecule has 0 aliphatic heterocycles. The van der Waals surface area contributed by atoms with Crippen LogP contribution in [0.15, 0.2) is 72.8 Å². The topological polar surface area (TPSA) is 40.5 Å². The maximum atomic E-state index is 9.79. The number of aromatic hydroxyl groups is 2. The highest BCUT2D eigenvalue weighted by Crippen LogP contribution is 2.32. The standard InChI is InChI=1S/C21H20O2/c1-15-13-18(9-12-21(15)23)20(14-16-5-3-2-4-6-16)17-7-10-19(22)11-8-17/h2-13,20,22-23H,14H2,1H3. The van der Waals surface area contributed by atoms with Crippen molar-refractivity contribution >= 4 is 0 Å². The fourth-order valence-corrected chi connectivity index (χ4v) is 2.88. The molecular formula is C21H20O2. The molecule has 23 heavy (non-hydrogen) atoms. The maximum Gasteiger partial charge on any atom is 0.118 e. The second-order valence-electron chi connectivity index (χ2n) is 5.88. The smallest absolute Gasteiger partial charge is 0.118 e. The molecule has 3 aromatic carbocycles. The molecule has 3 rings (SSSR count). The molecule has 0 fully saturated rings. The van der Waals surface area contributed by atoms with Crippen molar-refractivity contribution in [2.45, 2.75) is 19.3 Å². The van der Waals surface area contributed by atoms with Crippen LogP contribution in [0.4, 0.5) is 0 Å². The van der Waals surface area contributed by atoms with E-state index in [-0.39, 0.29) is 11.7 Å². The van der Waals surface area contributed by atoms with Gasteiger partial charge in [-0.25, -0.2) is 0 Å². The van der Waals surface area contributed by atoms with E-state index in [1.807, 2.05) is 49.4 Å². The quantitative estimate of drug-likeness (QED) is 0.728. The van der Waals surface area contributed by atoms with Crippen molar-refractivity contribution in [1.29, 1.82) is 0 Å². The molecule has 0 aliphatic carbocycles. The number of phenols is 2. The van der Waals surface area contributed by atoms with Gasteiger partial charge in [-0.3, -0.25) is 0 Å². The van der Waals surface area contributed by atoms with Crippen LogP contribution in [0.5, 0.6) is 11.5 Å². The predicted octanol–water partition coefficient (Wildman–Crippen LogP) is 4.78. The lowest BCUT2D eigenvalue weighted by Crippen LogP contribution is -2.05. The molecule has 0 aliphatic rings. The van der Waals surface area contributed by atoms with Crippen LogP contribution in [-0.4, -0.2) is 10.2 Å². The van der Waals surface area contributed by atoms with Crippen molar-refractivity contribution in [2.24, 2.45) is 0 Å². The van der Waals surface area contributed by atoms with E-state index in [1.54, 1.807) is 18.2 Å². The molecule has 2 heteroatoms. The first-order valence-electron chi connectivity index (χ1n) is 7.76. The van der Waals surface area contributed by atoms with Gasteiger partial charge in [0.25, 0.3) is 0 Å². The molecule has 2 N–H and O–H groups in total. The highest BCUT2D eigenvalue weighted by atomic mass is 16.3. The summed E-state index contributed by atoms with van der Waals surface area (Å²) in [5.41, 5.74) is 4.45. The van der Waals surface area contributed by atoms with Gasteiger partial charge in [-0.15, -0.1) is 0 Å². The third kappa shape index (κ3) is 3.54. The average Bonchev–Trinajstić information content (AvgIpc) is 2.57. The van der Waals surface area contributed by atoms with Gasteiger partial charge >= 0.3 is 0 Å². The van der Waals surface area contributed by atoms with E-state index in [0.29, 0.717) is 5.75 Å². The Morgan fingerprint density at radius 1 is 0.783 bits per heavy atom. The zero-order valence-corrected chi connectivity index (χ0v) is 13.1. The fourth-order valence-electron chi connectivity index (χ4n) is 2.88. The van der Waals surface area contributed by atoms with Crippen molar-refractivity contribution in [3.8, 4) is 11.5 Å². The van der Waals surface area contributed by atoms with Gasteiger partial charge in [0.05, 0.1) is 0 Å². The number of hydrogen-bond acceptors (Lipinski definition) is 2. The van der Waals surface area contributed by atoms with Crippen LogP contribution >= 0.6 is 0 Å². The molecule has 0 heterocycles. The summed E-state index contributed by atoms with van der Waals surface area (Å²) in [7, 11) is 0. The third-order valence-corrected chi connectivity index (χ3v) is 4.20. The van der Waals surface area contributed by atoms with Crippen molar-refractivity contribution < 1.29 is 10.2 Å². The molecule has 0 spiro atoms. The van der Waals surface area contributed by atoms with E-state index in [2.05, 4.69) is 12.1 Å². The first kappa shape index (κ1) is 15.2. The molecule has 1 unspecified atom stereocenters. The van der Waals surface area contributed by atoms with Crippen molar-refractivity contribution in [3.05, 3.63) is 95.1 Å². The number of hydrogen-bond donors (Lipinski definition) is 2. The number of benzene rings is 3. The zero-order chi connectivity index (χ0) is 16.2. The third-order valence-electron chi connectivity index (χ3n) is 4.20. The summed E-state index contributed by atoms with van der Waals surface area (Å²) in [6.07, 6.45) is 0.871. The molecule has 2 nitrogen and oxygen atoms in total. The molecule has 1 atom stereocenters. The largest absolute Gasteiger partial charge is 0.508 e. The van der Waals surface area contributed by atoms with Gasteiger partial charge in [0.1, 0.15) is 11.5 Å². The molecule has 0 saturated heterocycles. The normalized spacial score (nSPS) is 12.0. The second kappa shape index (κ2) is 6.57. The van der Waals surface area contributed by atoms with Crippen molar-refractivity contribution in [2.75, 3.05) is 0 Å². The van der Waals surface area contributed by atoms with E-state index in [9.17, 15) is 10.2 Å². The van der Waals surface area contributed by atoms with Crippen molar-refractivity contribution in [1.82, 2.24) is 0 Å². The lowest BCUT2D eigenvalue weighted by Gasteiger charge is -2.19. The van der Waals surface area contributed by atoms with Crippen LogP contribution in [0.2, 0.25) is 0 Å². The van der Waals surface area contributed by atoms with Gasteiger partial charge in [-0.1, -0.05) is 54.6 Å². The average molecular weight is 304 g/mol. The van der Waals surface area contributed by atoms with E-state index in [0.717, 1.165) is 23.1 Å². The van der Waals surface area contributed by atoms with Crippen LogP contribution in [0.1, 0.15) is 28.2 Å². The Balaban J connectivity index is 2.01. The summed E-state index contributed by atoms with van der Waals surface area (Å²) in [6.45, 7) is 1.91. The van der Waals surface area contributed by atoms with E-state index < -0.39 is 0 Å². The maximum absolute atomic E-state index is 9.79. The highest BCUT2D eigenvalue weighted by molar-refractivity contribution is 5.42. The Morgan fingerprint density at radius 2 is 1.43 bits per heavy atom. The molecule has 116 valence electrons. The molecule has 0 radical (unpaired) electrons. The summed E-state index contributed by atoms with van der Waals surface area (Å²) in [5.74, 6) is 0.768. The van der Waals surface area contributed by atoms with Crippen LogP contribution in [0.25, 0.3) is 0 Å². The predicted molar refractivity (Wildman–Crippen MR) is 92.9 cm³/mol. The van der Waals surface area contributed by atoms with Crippen LogP contribution in [0.3, 0.4) is 0 Å². The van der Waals surface area contributed by atoms with Crippen LogP contribution in [0, 0.1) is 6.92 Å². The number of phenolic OH excluding ortho intramolecular Hbond substituents is 2. The molecule has 3 aromatic rings. The number of aryl methyl sites for hydroxylation is 1. The van der Waals surface area contributed by atoms with Crippen molar-refractivity contribution in [3.63, 3.8) is 0 Å². The highest BCUT2D eigenvalue weighted by Gasteiger charge is 2.16. The fraction of sp³-hybridized carbons (Fsp3) is 0.143. The molecule has 0 bridgehead atoms. The Kier molecular flexibility index (Phi) is 4.33. The summed E-state index contributed by atoms with van der Waals surface area (Å²) in [6, 6.07) is 23.5. The summed E-state index contributed by atoms with van der Waals surface area (Å²) >= 11 is 0. The second-order valence-corrected chi connectivity index (χ2v) is 5.88. The molecule has 0 amide bonds. The Labute approximate surface area is 136 Å². The van der Waals surface area contributed by atoms with E-state index in [4.69, 9.17) is 0 Å². The molecule has 0 saturated carbocycles. The Hall–Kier alpha value is -2.74. The minimum atomic E-state index is 0.178. The number of rotatable bonds is 4. The van der Waals surface area contributed by atoms with Gasteiger partial charge in [0.2, 0.25) is 0 Å². The Bertz CT molecular complexity index is 777. The Morgan fingerprint density at radius 3 is 2.09 bits per heavy atom. The SMILES string of the molecule is Cc1cc(C(Cc2ccccc2)c2ccc(O)cc2)ccc1O. The van der Waals surface area contributed by atoms with Gasteiger partial charge in [0.15, 0.2) is 0 Å². The first-order chi connectivity index (χ1) is 11.1. The summed E-state index contributed by atoms with van der Waals surface area (Å²) < 4.78 is 0. The lowest BCUT2D eigenvalue weighted by molar-refractivity contribution is 0.470. The lowest BCUT2D eigenvalue weighted by atomic mass is 9.85. The summed E-state index contributed by atoms with van der Waals surface area (Å²) in [4.78, 5) is 0. The van der Waals surface area contributed by atoms with Gasteiger partial charge in [-0.2, -0.15) is 0 Å². The van der Waals surface area contributed by atoms with Crippen LogP contribution < -0.4 is 0 Å². The first-order valence-corrected chi connectivity index (χ1v) is 7.76. The van der Waals surface area contributed by atoms with Gasteiger partial charge < -0.3 is 10.2 Å². The van der Waals surface area contributed by atoms with E-state index in [1.165, 1.54) is 5.56 Å². The zero-order valence-electron chi connectivity index (χ0n) is 13.1. The summed E-state index contributed by atoms with van der Waals surface area (Å²) in [5, 5.41) is 19.3. The minimum absolute atomic E-state index is 0.178. The minimum Gasteiger partial charge on any atom is -0.508 e. The van der Waals surface area contributed by atoms with Crippen LogP contribution in [-0.2, 0) is 6.42 Å². The molecular weight excluding hydrogens is 284 g/mol. The monoisotopic (exact) mass is 304 g/mol. The molecule has 0 aromatic heterocycles.